The van der Waals surface area contributed by atoms with Crippen LogP contribution in [0, 0.1) is 5.92 Å². The van der Waals surface area contributed by atoms with Gasteiger partial charge < -0.3 is 14.8 Å². The van der Waals surface area contributed by atoms with Crippen molar-refractivity contribution in [2.24, 2.45) is 5.92 Å². The third kappa shape index (κ3) is 5.84. The predicted molar refractivity (Wildman–Crippen MR) is 126 cm³/mol. The molecule has 1 saturated heterocycles. The van der Waals surface area contributed by atoms with E-state index in [0.717, 1.165) is 48.3 Å². The summed E-state index contributed by atoms with van der Waals surface area (Å²) in [4.78, 5) is 12.8. The third-order valence-electron chi connectivity index (χ3n) is 6.42. The smallest absolute Gasteiger partial charge is 0.233 e. The molecule has 174 valence electrons. The van der Waals surface area contributed by atoms with Crippen molar-refractivity contribution in [2.75, 3.05) is 20.3 Å². The minimum absolute atomic E-state index is 0.0678. The van der Waals surface area contributed by atoms with E-state index < -0.39 is 0 Å². The molecule has 2 aliphatic rings. The number of nitrogens with one attached hydrogen (secondary N) is 1. The molecule has 1 amide bonds. The summed E-state index contributed by atoms with van der Waals surface area (Å²) in [6, 6.07) is 7.83. The monoisotopic (exact) mass is 458 g/mol. The summed E-state index contributed by atoms with van der Waals surface area (Å²) in [5.74, 6) is 2.28. The topological polar surface area (TPSA) is 78.3 Å². The Labute approximate surface area is 194 Å². The Kier molecular flexibility index (Phi) is 8.08. The zero-order valence-electron chi connectivity index (χ0n) is 19.1. The number of aromatic nitrogens is 3. The lowest BCUT2D eigenvalue weighted by molar-refractivity contribution is -0.120. The molecule has 2 heterocycles. The maximum absolute atomic E-state index is 12.8. The molecule has 8 heteroatoms. The molecule has 0 radical (unpaired) electrons. The van der Waals surface area contributed by atoms with E-state index in [1.54, 1.807) is 7.11 Å². The van der Waals surface area contributed by atoms with E-state index >= 15 is 0 Å². The van der Waals surface area contributed by atoms with Crippen LogP contribution in [0.4, 0.5) is 0 Å². The number of rotatable bonds is 9. The van der Waals surface area contributed by atoms with Crippen molar-refractivity contribution in [1.29, 1.82) is 0 Å². The lowest BCUT2D eigenvalue weighted by atomic mass is 9.89. The van der Waals surface area contributed by atoms with Crippen molar-refractivity contribution >= 4 is 17.7 Å². The molecule has 1 aliphatic carbocycles. The van der Waals surface area contributed by atoms with Crippen LogP contribution in [0.2, 0.25) is 0 Å². The number of methoxy groups -OCH3 is 1. The van der Waals surface area contributed by atoms with E-state index in [-0.39, 0.29) is 17.3 Å². The molecule has 1 saturated carbocycles. The van der Waals surface area contributed by atoms with Crippen molar-refractivity contribution in [3.05, 3.63) is 24.3 Å². The third-order valence-corrected chi connectivity index (χ3v) is 7.50. The molecule has 7 nitrogen and oxygen atoms in total. The Hall–Kier alpha value is -2.06. The highest BCUT2D eigenvalue weighted by molar-refractivity contribution is 8.00. The Morgan fingerprint density at radius 2 is 1.97 bits per heavy atom. The molecule has 0 unspecified atom stereocenters. The van der Waals surface area contributed by atoms with E-state index in [9.17, 15) is 4.79 Å². The Bertz CT molecular complexity index is 874. The molecule has 1 aliphatic heterocycles. The van der Waals surface area contributed by atoms with Crippen molar-refractivity contribution in [3.8, 4) is 17.1 Å². The van der Waals surface area contributed by atoms with Gasteiger partial charge in [0.1, 0.15) is 5.75 Å². The number of hydrogen-bond donors (Lipinski definition) is 1. The highest BCUT2D eigenvalue weighted by Crippen LogP contribution is 2.30. The van der Waals surface area contributed by atoms with E-state index in [2.05, 4.69) is 20.1 Å². The normalized spacial score (nSPS) is 20.2. The van der Waals surface area contributed by atoms with Gasteiger partial charge in [0.05, 0.1) is 25.0 Å². The molecular formula is C24H34N4O3S. The SMILES string of the molecule is COc1ccc(-c2nnc(S[C@@H](C)C(=O)NCC3CCCCC3)n2C[C@@H]2CCCO2)cc1. The van der Waals surface area contributed by atoms with Crippen LogP contribution >= 0.6 is 11.8 Å². The van der Waals surface area contributed by atoms with Gasteiger partial charge in [-0.2, -0.15) is 0 Å². The summed E-state index contributed by atoms with van der Waals surface area (Å²) in [7, 11) is 1.66. The zero-order valence-corrected chi connectivity index (χ0v) is 19.9. The Balaban J connectivity index is 1.46. The summed E-state index contributed by atoms with van der Waals surface area (Å²) >= 11 is 1.47. The molecular weight excluding hydrogens is 424 g/mol. The Morgan fingerprint density at radius 3 is 2.66 bits per heavy atom. The number of carbonyl (C=O) groups is 1. The first kappa shape index (κ1) is 23.1. The summed E-state index contributed by atoms with van der Waals surface area (Å²) in [5.41, 5.74) is 0.970. The number of nitrogens with zero attached hydrogens (tertiary/aromatic N) is 3. The van der Waals surface area contributed by atoms with Gasteiger partial charge in [-0.05, 0) is 62.8 Å². The van der Waals surface area contributed by atoms with E-state index in [1.807, 2.05) is 31.2 Å². The summed E-state index contributed by atoms with van der Waals surface area (Å²) in [6.45, 7) is 4.21. The second kappa shape index (κ2) is 11.2. The molecule has 4 rings (SSSR count). The average Bonchev–Trinajstić information content (AvgIpc) is 3.49. The van der Waals surface area contributed by atoms with Gasteiger partial charge >= 0.3 is 0 Å². The number of carbonyl (C=O) groups excluding carboxylic acids is 1. The van der Waals surface area contributed by atoms with Crippen molar-refractivity contribution < 1.29 is 14.3 Å². The number of amides is 1. The first-order valence-electron chi connectivity index (χ1n) is 11.8. The van der Waals surface area contributed by atoms with Crippen LogP contribution in [0.1, 0.15) is 51.9 Å². The maximum Gasteiger partial charge on any atom is 0.233 e. The second-order valence-corrected chi connectivity index (χ2v) is 10.1. The Morgan fingerprint density at radius 1 is 1.19 bits per heavy atom. The van der Waals surface area contributed by atoms with Gasteiger partial charge in [-0.3, -0.25) is 9.36 Å². The number of thioether (sulfide) groups is 1. The minimum Gasteiger partial charge on any atom is -0.497 e. The lowest BCUT2D eigenvalue weighted by Gasteiger charge is -2.22. The number of benzene rings is 1. The zero-order chi connectivity index (χ0) is 22.3. The van der Waals surface area contributed by atoms with Gasteiger partial charge in [0, 0.05) is 18.7 Å². The largest absolute Gasteiger partial charge is 0.497 e. The van der Waals surface area contributed by atoms with Gasteiger partial charge in [0.15, 0.2) is 11.0 Å². The lowest BCUT2D eigenvalue weighted by Crippen LogP contribution is -2.35. The fourth-order valence-corrected chi connectivity index (χ4v) is 5.36. The van der Waals surface area contributed by atoms with Gasteiger partial charge in [-0.25, -0.2) is 0 Å². The van der Waals surface area contributed by atoms with Crippen LogP contribution in [0.25, 0.3) is 11.4 Å². The molecule has 1 aromatic carbocycles. The summed E-state index contributed by atoms with van der Waals surface area (Å²) in [5, 5.41) is 12.6. The molecule has 2 aromatic rings. The second-order valence-electron chi connectivity index (χ2n) is 8.79. The van der Waals surface area contributed by atoms with E-state index in [1.165, 1.54) is 43.9 Å². The average molecular weight is 459 g/mol. The maximum atomic E-state index is 12.8. The quantitative estimate of drug-likeness (QED) is 0.564. The van der Waals surface area contributed by atoms with E-state index in [0.29, 0.717) is 12.5 Å². The molecule has 1 aromatic heterocycles. The first-order chi connectivity index (χ1) is 15.6. The molecule has 1 N–H and O–H groups in total. The van der Waals surface area contributed by atoms with Crippen LogP contribution in [-0.2, 0) is 16.1 Å². The van der Waals surface area contributed by atoms with Gasteiger partial charge in [-0.15, -0.1) is 10.2 Å². The molecule has 2 atom stereocenters. The molecule has 0 bridgehead atoms. The summed E-state index contributed by atoms with van der Waals surface area (Å²) in [6.07, 6.45) is 8.60. The number of hydrogen-bond acceptors (Lipinski definition) is 6. The van der Waals surface area contributed by atoms with Crippen LogP contribution in [0.3, 0.4) is 0 Å². The predicted octanol–water partition coefficient (Wildman–Crippen LogP) is 4.31. The fourth-order valence-electron chi connectivity index (χ4n) is 4.48. The van der Waals surface area contributed by atoms with E-state index in [4.69, 9.17) is 9.47 Å². The van der Waals surface area contributed by atoms with Gasteiger partial charge in [0.25, 0.3) is 0 Å². The van der Waals surface area contributed by atoms with Gasteiger partial charge in [-0.1, -0.05) is 31.0 Å². The van der Waals surface area contributed by atoms with Crippen LogP contribution in [0.15, 0.2) is 29.4 Å². The standard InChI is InChI=1S/C24H34N4O3S/c1-17(23(29)25-15-18-7-4-3-5-8-18)32-24-27-26-22(19-10-12-20(30-2)13-11-19)28(24)16-21-9-6-14-31-21/h10-13,17-18,21H,3-9,14-16H2,1-2H3,(H,25,29)/t17-,21-/m0/s1. The minimum atomic E-state index is -0.241. The van der Waals surface area contributed by atoms with Crippen LogP contribution in [-0.4, -0.2) is 52.3 Å². The summed E-state index contributed by atoms with van der Waals surface area (Å²) < 4.78 is 13.3. The molecule has 2 fully saturated rings. The number of ether oxygens (including phenoxy) is 2. The van der Waals surface area contributed by atoms with Crippen LogP contribution < -0.4 is 10.1 Å². The highest BCUT2D eigenvalue weighted by atomic mass is 32.2. The molecule has 0 spiro atoms. The fraction of sp³-hybridized carbons (Fsp3) is 0.625. The van der Waals surface area contributed by atoms with Gasteiger partial charge in [0.2, 0.25) is 5.91 Å². The van der Waals surface area contributed by atoms with Crippen molar-refractivity contribution in [2.45, 2.75) is 74.9 Å². The van der Waals surface area contributed by atoms with Crippen molar-refractivity contribution in [1.82, 2.24) is 20.1 Å². The van der Waals surface area contributed by atoms with Crippen LogP contribution in [0.5, 0.6) is 5.75 Å². The van der Waals surface area contributed by atoms with Crippen molar-refractivity contribution in [3.63, 3.8) is 0 Å². The molecule has 32 heavy (non-hydrogen) atoms. The first-order valence-corrected chi connectivity index (χ1v) is 12.7. The highest BCUT2D eigenvalue weighted by Gasteiger charge is 2.25.